The summed E-state index contributed by atoms with van der Waals surface area (Å²) in [5, 5.41) is 3.96. The monoisotopic (exact) mass is 572 g/mol. The number of aryl methyl sites for hydroxylation is 3. The number of ether oxygens (including phenoxy) is 1. The summed E-state index contributed by atoms with van der Waals surface area (Å²) in [5.41, 5.74) is 4.03. The number of anilines is 1. The Balaban J connectivity index is 1.26. The molecule has 41 heavy (non-hydrogen) atoms. The van der Waals surface area contributed by atoms with Gasteiger partial charge in [0, 0.05) is 37.8 Å². The third-order valence-corrected chi connectivity index (χ3v) is 9.15. The van der Waals surface area contributed by atoms with Crippen LogP contribution in [0.25, 0.3) is 11.3 Å². The molecule has 1 atom stereocenters. The summed E-state index contributed by atoms with van der Waals surface area (Å²) in [6, 6.07) is 17.6. The summed E-state index contributed by atoms with van der Waals surface area (Å²) in [6.07, 6.45) is 4.74. The van der Waals surface area contributed by atoms with Gasteiger partial charge in [0.05, 0.1) is 23.9 Å². The van der Waals surface area contributed by atoms with Crippen LogP contribution in [0.3, 0.4) is 0 Å². The first-order valence-electron chi connectivity index (χ1n) is 13.6. The maximum absolute atomic E-state index is 13.6. The van der Waals surface area contributed by atoms with Crippen molar-refractivity contribution in [2.75, 3.05) is 17.8 Å². The highest BCUT2D eigenvalue weighted by Crippen LogP contribution is 2.50. The van der Waals surface area contributed by atoms with Crippen molar-refractivity contribution in [1.29, 1.82) is 0 Å². The maximum Gasteiger partial charge on any atom is 0.267 e. The maximum atomic E-state index is 13.6. The number of likely N-dealkylation sites (tertiary alicyclic amines) is 1. The van der Waals surface area contributed by atoms with Crippen LogP contribution in [0.5, 0.6) is 5.88 Å². The molecule has 212 valence electrons. The number of aromatic nitrogens is 4. The third kappa shape index (κ3) is 5.29. The van der Waals surface area contributed by atoms with Gasteiger partial charge in [-0.2, -0.15) is 10.1 Å². The van der Waals surface area contributed by atoms with E-state index in [1.54, 1.807) is 13.1 Å². The largest absolute Gasteiger partial charge is 0.472 e. The molecule has 1 N–H and O–H groups in total. The van der Waals surface area contributed by atoms with E-state index in [2.05, 4.69) is 19.8 Å². The molecule has 1 amide bonds. The Hall–Kier alpha value is -4.25. The molecule has 1 aliphatic carbocycles. The zero-order valence-electron chi connectivity index (χ0n) is 23.2. The van der Waals surface area contributed by atoms with Crippen LogP contribution in [0.4, 0.5) is 5.95 Å². The molecule has 0 radical (unpaired) electrons. The molecule has 2 fully saturated rings. The highest BCUT2D eigenvalue weighted by molar-refractivity contribution is 7.92. The fourth-order valence-electron chi connectivity index (χ4n) is 5.58. The van der Waals surface area contributed by atoms with E-state index in [9.17, 15) is 13.2 Å². The van der Waals surface area contributed by atoms with Crippen LogP contribution < -0.4 is 9.46 Å². The molecular weight excluding hydrogens is 540 g/mol. The number of hydrogen-bond acceptors (Lipinski definition) is 7. The van der Waals surface area contributed by atoms with Gasteiger partial charge in [0.1, 0.15) is 11.0 Å². The lowest BCUT2D eigenvalue weighted by Crippen LogP contribution is -2.38. The number of rotatable bonds is 8. The Morgan fingerprint density at radius 1 is 1.05 bits per heavy atom. The minimum atomic E-state index is -3.98. The van der Waals surface area contributed by atoms with Crippen LogP contribution in [0.2, 0.25) is 0 Å². The van der Waals surface area contributed by atoms with Gasteiger partial charge in [-0.15, -0.1) is 0 Å². The first-order valence-corrected chi connectivity index (χ1v) is 15.1. The topological polar surface area (TPSA) is 119 Å². The average Bonchev–Trinajstić information content (AvgIpc) is 3.41. The van der Waals surface area contributed by atoms with Crippen molar-refractivity contribution in [1.82, 2.24) is 24.6 Å². The summed E-state index contributed by atoms with van der Waals surface area (Å²) >= 11 is 0. The zero-order valence-corrected chi connectivity index (χ0v) is 24.1. The third-order valence-electron chi connectivity index (χ3n) is 7.86. The van der Waals surface area contributed by atoms with Gasteiger partial charge in [-0.05, 0) is 43.4 Å². The predicted molar refractivity (Wildman–Crippen MR) is 154 cm³/mol. The fraction of sp³-hybridized carbons (Fsp3) is 0.333. The Kier molecular flexibility index (Phi) is 6.77. The van der Waals surface area contributed by atoms with Gasteiger partial charge >= 0.3 is 0 Å². The number of carbonyl (C=O) groups is 1. The van der Waals surface area contributed by atoms with Gasteiger partial charge in [-0.25, -0.2) is 18.1 Å². The smallest absolute Gasteiger partial charge is 0.267 e. The van der Waals surface area contributed by atoms with E-state index >= 15 is 0 Å². The SMILES string of the molecule is Cc1cccc(C)c1-c1cc(OC2CCN(C(=O)C3(c4ccccc4)CC3)C2)nc(NS(=O)(=O)c2cnn(C)c2)n1. The summed E-state index contributed by atoms with van der Waals surface area (Å²) in [6.45, 7) is 4.98. The number of hydrogen-bond donors (Lipinski definition) is 1. The van der Waals surface area contributed by atoms with Crippen LogP contribution >= 0.6 is 0 Å². The first kappa shape index (κ1) is 26.9. The number of nitrogens with zero attached hydrogens (tertiary/aromatic N) is 5. The lowest BCUT2D eigenvalue weighted by atomic mass is 9.94. The van der Waals surface area contributed by atoms with Crippen LogP contribution in [0.15, 0.2) is 71.9 Å². The molecule has 11 heteroatoms. The molecule has 1 aliphatic heterocycles. The quantitative estimate of drug-likeness (QED) is 0.339. The summed E-state index contributed by atoms with van der Waals surface area (Å²) in [5.74, 6) is 0.277. The van der Waals surface area contributed by atoms with Gasteiger partial charge in [-0.1, -0.05) is 48.5 Å². The molecule has 0 bridgehead atoms. The molecule has 2 aromatic heterocycles. The molecule has 10 nitrogen and oxygen atoms in total. The molecule has 2 aliphatic rings. The van der Waals surface area contributed by atoms with E-state index in [4.69, 9.17) is 4.74 Å². The Labute approximate surface area is 239 Å². The molecule has 1 saturated heterocycles. The minimum absolute atomic E-state index is 0.000844. The van der Waals surface area contributed by atoms with Crippen LogP contribution in [0.1, 0.15) is 36.0 Å². The van der Waals surface area contributed by atoms with Crippen molar-refractivity contribution in [3.05, 3.63) is 83.7 Å². The summed E-state index contributed by atoms with van der Waals surface area (Å²) < 4.78 is 36.3. The van der Waals surface area contributed by atoms with Crippen LogP contribution in [-0.2, 0) is 27.3 Å². The van der Waals surface area contributed by atoms with E-state index in [0.717, 1.165) is 35.1 Å². The van der Waals surface area contributed by atoms with Gasteiger partial charge in [-0.3, -0.25) is 9.48 Å². The molecule has 3 heterocycles. The van der Waals surface area contributed by atoms with E-state index in [0.29, 0.717) is 25.2 Å². The highest BCUT2D eigenvalue weighted by atomic mass is 32.2. The fourth-order valence-corrected chi connectivity index (χ4v) is 6.51. The number of sulfonamides is 1. The van der Waals surface area contributed by atoms with E-state index in [-0.39, 0.29) is 28.7 Å². The second kappa shape index (κ2) is 10.3. The number of nitrogens with one attached hydrogen (secondary N) is 1. The molecule has 1 unspecified atom stereocenters. The van der Waals surface area contributed by atoms with E-state index < -0.39 is 15.4 Å². The standard InChI is InChI=1S/C30H32N6O4S/c1-20-8-7-9-21(2)27(20)25-16-26(33-29(32-25)34-41(38,39)24-17-31-35(3)19-24)40-23-12-15-36(18-23)28(37)30(13-14-30)22-10-5-4-6-11-22/h4-11,16-17,19,23H,12-15,18H2,1-3H3,(H,32,33,34). The van der Waals surface area contributed by atoms with Crippen molar-refractivity contribution in [3.63, 3.8) is 0 Å². The molecule has 6 rings (SSSR count). The van der Waals surface area contributed by atoms with Crippen molar-refractivity contribution < 1.29 is 17.9 Å². The van der Waals surface area contributed by atoms with Crippen molar-refractivity contribution >= 4 is 21.9 Å². The average molecular weight is 573 g/mol. The number of amides is 1. The predicted octanol–water partition coefficient (Wildman–Crippen LogP) is 4.01. The summed E-state index contributed by atoms with van der Waals surface area (Å²) in [4.78, 5) is 24.4. The second-order valence-corrected chi connectivity index (χ2v) is 12.5. The lowest BCUT2D eigenvalue weighted by Gasteiger charge is -2.23. The normalized spacial score (nSPS) is 17.8. The second-order valence-electron chi connectivity index (χ2n) is 10.9. The Morgan fingerprint density at radius 2 is 1.78 bits per heavy atom. The molecular formula is C30H32N6O4S. The molecule has 4 aromatic rings. The van der Waals surface area contributed by atoms with Crippen molar-refractivity contribution in [2.24, 2.45) is 7.05 Å². The van der Waals surface area contributed by atoms with Crippen molar-refractivity contribution in [3.8, 4) is 17.1 Å². The number of benzene rings is 2. The van der Waals surface area contributed by atoms with Gasteiger partial charge in [0.2, 0.25) is 17.7 Å². The minimum Gasteiger partial charge on any atom is -0.472 e. The first-order chi connectivity index (χ1) is 19.6. The van der Waals surface area contributed by atoms with Gasteiger partial charge in [0.15, 0.2) is 0 Å². The lowest BCUT2D eigenvalue weighted by molar-refractivity contribution is -0.133. The Bertz CT molecular complexity index is 1700. The van der Waals surface area contributed by atoms with Crippen molar-refractivity contribution in [2.45, 2.75) is 49.5 Å². The van der Waals surface area contributed by atoms with E-state index in [1.165, 1.54) is 17.1 Å². The van der Waals surface area contributed by atoms with E-state index in [1.807, 2.05) is 67.3 Å². The molecule has 2 aromatic carbocycles. The zero-order chi connectivity index (χ0) is 28.8. The molecule has 0 spiro atoms. The number of carbonyl (C=O) groups excluding carboxylic acids is 1. The van der Waals surface area contributed by atoms with Crippen LogP contribution in [0, 0.1) is 13.8 Å². The van der Waals surface area contributed by atoms with Gasteiger partial charge < -0.3 is 9.64 Å². The summed E-state index contributed by atoms with van der Waals surface area (Å²) in [7, 11) is -2.34. The van der Waals surface area contributed by atoms with Gasteiger partial charge in [0.25, 0.3) is 10.0 Å². The molecule has 1 saturated carbocycles. The highest BCUT2D eigenvalue weighted by Gasteiger charge is 2.53. The Morgan fingerprint density at radius 3 is 2.44 bits per heavy atom. The van der Waals surface area contributed by atoms with Crippen LogP contribution in [-0.4, -0.2) is 58.2 Å².